The summed E-state index contributed by atoms with van der Waals surface area (Å²) in [5.74, 6) is -0.956. The van der Waals surface area contributed by atoms with Crippen LogP contribution in [-0.4, -0.2) is 27.0 Å². The van der Waals surface area contributed by atoms with Crippen LogP contribution in [0.1, 0.15) is 18.7 Å². The van der Waals surface area contributed by atoms with E-state index in [0.29, 0.717) is 0 Å². The summed E-state index contributed by atoms with van der Waals surface area (Å²) in [6.45, 7) is 2.94. The molecule has 1 atom stereocenters. The second-order valence-electron chi connectivity index (χ2n) is 5.05. The Morgan fingerprint density at radius 1 is 1.36 bits per heavy atom. The number of ether oxygens (including phenoxy) is 1. The normalized spacial score (nSPS) is 12.5. The van der Waals surface area contributed by atoms with E-state index in [-0.39, 0.29) is 17.1 Å². The minimum absolute atomic E-state index is 0.210. The molecule has 8 nitrogen and oxygen atoms in total. The van der Waals surface area contributed by atoms with Crippen molar-refractivity contribution in [2.24, 2.45) is 0 Å². The smallest absolute Gasteiger partial charge is 0.406 e. The highest BCUT2D eigenvalue weighted by atomic mass is 19.4. The van der Waals surface area contributed by atoms with Gasteiger partial charge in [0.1, 0.15) is 23.7 Å². The molecule has 1 aromatic heterocycles. The van der Waals surface area contributed by atoms with Crippen molar-refractivity contribution >= 4 is 17.3 Å². The minimum atomic E-state index is -4.80. The third kappa shape index (κ3) is 4.46. The number of benzene rings is 1. The van der Waals surface area contributed by atoms with E-state index in [9.17, 15) is 28.1 Å². The highest BCUT2D eigenvalue weighted by Gasteiger charge is 2.31. The van der Waals surface area contributed by atoms with Crippen LogP contribution in [0.4, 0.5) is 24.5 Å². The Morgan fingerprint density at radius 3 is 2.44 bits per heavy atom. The average Bonchev–Trinajstić information content (AvgIpc) is 2.88. The van der Waals surface area contributed by atoms with Crippen LogP contribution < -0.4 is 10.1 Å². The predicted octanol–water partition coefficient (Wildman–Crippen LogP) is 3.20. The van der Waals surface area contributed by atoms with Crippen LogP contribution in [0.15, 0.2) is 30.5 Å². The van der Waals surface area contributed by atoms with Gasteiger partial charge in [-0.2, -0.15) is 5.10 Å². The molecule has 2 aromatic rings. The number of halogens is 3. The Labute approximate surface area is 139 Å². The van der Waals surface area contributed by atoms with Crippen LogP contribution in [0.3, 0.4) is 0 Å². The number of amides is 1. The number of carbonyl (C=O) groups is 1. The zero-order valence-corrected chi connectivity index (χ0v) is 13.1. The lowest BCUT2D eigenvalue weighted by atomic mass is 10.2. The number of nitrogens with one attached hydrogen (secondary N) is 1. The summed E-state index contributed by atoms with van der Waals surface area (Å²) in [6, 6.07) is 3.73. The fourth-order valence-electron chi connectivity index (χ4n) is 2.08. The van der Waals surface area contributed by atoms with Crippen LogP contribution in [-0.2, 0) is 4.79 Å². The van der Waals surface area contributed by atoms with Crippen molar-refractivity contribution in [1.29, 1.82) is 0 Å². The van der Waals surface area contributed by atoms with Gasteiger partial charge in [-0.3, -0.25) is 19.6 Å². The van der Waals surface area contributed by atoms with Gasteiger partial charge >= 0.3 is 12.0 Å². The largest absolute Gasteiger partial charge is 0.573 e. The average molecular weight is 358 g/mol. The van der Waals surface area contributed by atoms with Crippen molar-refractivity contribution in [2.75, 3.05) is 5.32 Å². The monoisotopic (exact) mass is 358 g/mol. The van der Waals surface area contributed by atoms with Crippen molar-refractivity contribution < 1.29 is 27.6 Å². The third-order valence-corrected chi connectivity index (χ3v) is 3.32. The van der Waals surface area contributed by atoms with E-state index >= 15 is 0 Å². The maximum atomic E-state index is 12.2. The maximum Gasteiger partial charge on any atom is 0.573 e. The van der Waals surface area contributed by atoms with E-state index < -0.39 is 29.0 Å². The summed E-state index contributed by atoms with van der Waals surface area (Å²) in [6.07, 6.45) is -3.76. The van der Waals surface area contributed by atoms with Crippen molar-refractivity contribution in [1.82, 2.24) is 9.78 Å². The second-order valence-corrected chi connectivity index (χ2v) is 5.05. The molecule has 11 heteroatoms. The molecule has 2 rings (SSSR count). The summed E-state index contributed by atoms with van der Waals surface area (Å²) in [5, 5.41) is 17.1. The molecule has 0 fully saturated rings. The number of carbonyl (C=O) groups excluding carboxylic acids is 1. The Bertz CT molecular complexity index is 786. The fraction of sp³-hybridized carbons (Fsp3) is 0.286. The first-order valence-electron chi connectivity index (χ1n) is 6.93. The van der Waals surface area contributed by atoms with Gasteiger partial charge in [0.15, 0.2) is 0 Å². The van der Waals surface area contributed by atoms with Crippen molar-refractivity contribution in [3.63, 3.8) is 0 Å². The van der Waals surface area contributed by atoms with Crippen LogP contribution in [0.25, 0.3) is 0 Å². The van der Waals surface area contributed by atoms with Gasteiger partial charge in [0, 0.05) is 5.69 Å². The number of rotatable bonds is 5. The molecule has 1 unspecified atom stereocenters. The lowest BCUT2D eigenvalue weighted by Gasteiger charge is -2.14. The Hall–Kier alpha value is -3.11. The van der Waals surface area contributed by atoms with Crippen molar-refractivity contribution in [3.05, 3.63) is 46.3 Å². The molecule has 0 radical (unpaired) electrons. The van der Waals surface area contributed by atoms with E-state index in [1.54, 1.807) is 0 Å². The minimum Gasteiger partial charge on any atom is -0.406 e. The molecule has 0 bridgehead atoms. The van der Waals surface area contributed by atoms with Gasteiger partial charge in [0.25, 0.3) is 0 Å². The van der Waals surface area contributed by atoms with Gasteiger partial charge in [-0.05, 0) is 38.1 Å². The lowest BCUT2D eigenvalue weighted by Crippen LogP contribution is -2.25. The Morgan fingerprint density at radius 2 is 1.96 bits per heavy atom. The number of hydrogen-bond acceptors (Lipinski definition) is 5. The second kappa shape index (κ2) is 6.79. The van der Waals surface area contributed by atoms with Gasteiger partial charge in [-0.25, -0.2) is 0 Å². The Kier molecular flexibility index (Phi) is 4.95. The lowest BCUT2D eigenvalue weighted by molar-refractivity contribution is -0.385. The van der Waals surface area contributed by atoms with E-state index in [0.717, 1.165) is 18.3 Å². The molecule has 1 N–H and O–H groups in total. The van der Waals surface area contributed by atoms with E-state index in [1.165, 1.54) is 30.7 Å². The van der Waals surface area contributed by atoms with Crippen molar-refractivity contribution in [2.45, 2.75) is 26.3 Å². The number of aromatic nitrogens is 2. The van der Waals surface area contributed by atoms with E-state index in [1.807, 2.05) is 0 Å². The Balaban J connectivity index is 2.07. The molecule has 0 saturated carbocycles. The highest BCUT2D eigenvalue weighted by Crippen LogP contribution is 2.25. The summed E-state index contributed by atoms with van der Waals surface area (Å²) >= 11 is 0. The SMILES string of the molecule is Cc1c([N+](=O)[O-])cnn1C(C)C(=O)Nc1ccc(OC(F)(F)F)cc1. The molecular weight excluding hydrogens is 345 g/mol. The number of nitro groups is 1. The molecule has 1 amide bonds. The molecule has 0 aliphatic rings. The zero-order valence-electron chi connectivity index (χ0n) is 13.1. The summed E-state index contributed by atoms with van der Waals surface area (Å²) < 4.78 is 41.2. The first kappa shape index (κ1) is 18.2. The van der Waals surface area contributed by atoms with Crippen LogP contribution in [0, 0.1) is 17.0 Å². The molecule has 1 aromatic carbocycles. The maximum absolute atomic E-state index is 12.2. The molecular formula is C14H13F3N4O4. The molecule has 1 heterocycles. The van der Waals surface area contributed by atoms with Crippen LogP contribution in [0.5, 0.6) is 5.75 Å². The van der Waals surface area contributed by atoms with Gasteiger partial charge in [-0.15, -0.1) is 13.2 Å². The highest BCUT2D eigenvalue weighted by molar-refractivity contribution is 5.93. The molecule has 25 heavy (non-hydrogen) atoms. The van der Waals surface area contributed by atoms with Gasteiger partial charge in [0.05, 0.1) is 4.92 Å². The quantitative estimate of drug-likeness (QED) is 0.654. The van der Waals surface area contributed by atoms with Crippen LogP contribution in [0.2, 0.25) is 0 Å². The van der Waals surface area contributed by atoms with Crippen molar-refractivity contribution in [3.8, 4) is 5.75 Å². The first-order chi connectivity index (χ1) is 11.6. The number of anilines is 1. The van der Waals surface area contributed by atoms with Gasteiger partial charge in [-0.1, -0.05) is 0 Å². The third-order valence-electron chi connectivity index (χ3n) is 3.32. The predicted molar refractivity (Wildman–Crippen MR) is 80.1 cm³/mol. The van der Waals surface area contributed by atoms with E-state index in [4.69, 9.17) is 0 Å². The number of alkyl halides is 3. The molecule has 0 spiro atoms. The summed E-state index contributed by atoms with van der Waals surface area (Å²) in [5.41, 5.74) is 0.237. The van der Waals surface area contributed by atoms with Gasteiger partial charge < -0.3 is 10.1 Å². The molecule has 0 aliphatic heterocycles. The number of nitrogens with zero attached hydrogens (tertiary/aromatic N) is 3. The molecule has 0 saturated heterocycles. The number of hydrogen-bond donors (Lipinski definition) is 1. The van der Waals surface area contributed by atoms with Gasteiger partial charge in [0.2, 0.25) is 5.91 Å². The summed E-state index contributed by atoms with van der Waals surface area (Å²) in [4.78, 5) is 22.4. The summed E-state index contributed by atoms with van der Waals surface area (Å²) in [7, 11) is 0. The van der Waals surface area contributed by atoms with E-state index in [2.05, 4.69) is 15.2 Å². The zero-order chi connectivity index (χ0) is 18.8. The topological polar surface area (TPSA) is 99.3 Å². The molecule has 0 aliphatic carbocycles. The first-order valence-corrected chi connectivity index (χ1v) is 6.93. The fourth-order valence-corrected chi connectivity index (χ4v) is 2.08. The molecule has 134 valence electrons. The van der Waals surface area contributed by atoms with Crippen LogP contribution >= 0.6 is 0 Å². The standard InChI is InChI=1S/C14H13F3N4O4/c1-8-12(21(23)24)7-18-20(8)9(2)13(22)19-10-3-5-11(6-4-10)25-14(15,16)17/h3-7,9H,1-2H3,(H,19,22).